The molecule has 102 valence electrons. The first-order valence-corrected chi connectivity index (χ1v) is 6.94. The van der Waals surface area contributed by atoms with Crippen LogP contribution in [-0.4, -0.2) is 51.3 Å². The third kappa shape index (κ3) is 4.03. The van der Waals surface area contributed by atoms with Gasteiger partial charge in [-0.2, -0.15) is 4.80 Å². The molecule has 1 unspecified atom stereocenters. The number of tetrazole rings is 1. The van der Waals surface area contributed by atoms with Gasteiger partial charge in [0, 0.05) is 6.54 Å². The lowest BCUT2D eigenvalue weighted by Crippen LogP contribution is -2.38. The minimum atomic E-state index is 0.766. The van der Waals surface area contributed by atoms with Gasteiger partial charge in [0.2, 0.25) is 0 Å². The molecule has 2 rings (SSSR count). The number of piperidine rings is 1. The Morgan fingerprint density at radius 3 is 3.00 bits per heavy atom. The topological polar surface area (TPSA) is 58.9 Å². The molecule has 0 amide bonds. The van der Waals surface area contributed by atoms with Crippen molar-refractivity contribution in [3.05, 3.63) is 5.82 Å². The lowest BCUT2D eigenvalue weighted by Gasteiger charge is -2.29. The predicted molar refractivity (Wildman–Crippen MR) is 70.0 cm³/mol. The number of hydrogen-bond acceptors (Lipinski definition) is 5. The van der Waals surface area contributed by atoms with Gasteiger partial charge in [-0.05, 0) is 50.0 Å². The molecule has 1 saturated heterocycles. The van der Waals surface area contributed by atoms with Gasteiger partial charge in [-0.3, -0.25) is 4.90 Å². The maximum absolute atomic E-state index is 4.26. The van der Waals surface area contributed by atoms with Gasteiger partial charge >= 0.3 is 0 Å². The fourth-order valence-corrected chi connectivity index (χ4v) is 2.58. The van der Waals surface area contributed by atoms with Crippen molar-refractivity contribution < 1.29 is 0 Å². The van der Waals surface area contributed by atoms with Gasteiger partial charge < -0.3 is 5.32 Å². The molecule has 18 heavy (non-hydrogen) atoms. The third-order valence-corrected chi connectivity index (χ3v) is 3.37. The number of nitrogens with one attached hydrogen (secondary N) is 1. The van der Waals surface area contributed by atoms with Crippen molar-refractivity contribution in [2.24, 2.45) is 13.0 Å². The van der Waals surface area contributed by atoms with Gasteiger partial charge in [-0.25, -0.2) is 0 Å². The molecule has 6 heteroatoms. The summed E-state index contributed by atoms with van der Waals surface area (Å²) in [6, 6.07) is 0. The summed E-state index contributed by atoms with van der Waals surface area (Å²) in [6.07, 6.45) is 3.80. The standard InChI is InChI=1S/C12H24N6/c1-3-7-18(9-11-5-4-6-13-8-11)10-12-14-16-17(2)15-12/h11,13H,3-10H2,1-2H3. The second-order valence-corrected chi connectivity index (χ2v) is 5.14. The van der Waals surface area contributed by atoms with Crippen LogP contribution in [0.25, 0.3) is 0 Å². The van der Waals surface area contributed by atoms with Crippen molar-refractivity contribution in [1.82, 2.24) is 30.4 Å². The zero-order valence-corrected chi connectivity index (χ0v) is 11.5. The molecule has 0 aliphatic carbocycles. The maximum Gasteiger partial charge on any atom is 0.188 e. The highest BCUT2D eigenvalue weighted by molar-refractivity contribution is 4.80. The molecule has 1 aromatic rings. The van der Waals surface area contributed by atoms with Gasteiger partial charge in [-0.15, -0.1) is 10.2 Å². The Morgan fingerprint density at radius 1 is 1.50 bits per heavy atom. The summed E-state index contributed by atoms with van der Waals surface area (Å²) in [5.41, 5.74) is 0. The Hall–Kier alpha value is -1.01. The summed E-state index contributed by atoms with van der Waals surface area (Å²) in [5, 5.41) is 15.7. The molecular weight excluding hydrogens is 228 g/mol. The van der Waals surface area contributed by atoms with E-state index in [4.69, 9.17) is 0 Å². The number of hydrogen-bond donors (Lipinski definition) is 1. The van der Waals surface area contributed by atoms with Crippen LogP contribution < -0.4 is 5.32 Å². The van der Waals surface area contributed by atoms with Crippen LogP contribution in [0.1, 0.15) is 32.0 Å². The molecule has 0 aromatic carbocycles. The first kappa shape index (κ1) is 13.4. The molecule has 6 nitrogen and oxygen atoms in total. The van der Waals surface area contributed by atoms with Crippen LogP contribution in [0.15, 0.2) is 0 Å². The van der Waals surface area contributed by atoms with Crippen LogP contribution in [0.3, 0.4) is 0 Å². The Labute approximate surface area is 109 Å². The van der Waals surface area contributed by atoms with Gasteiger partial charge in [0.15, 0.2) is 5.82 Å². The average molecular weight is 252 g/mol. The summed E-state index contributed by atoms with van der Waals surface area (Å²) in [6.45, 7) is 7.60. The monoisotopic (exact) mass is 252 g/mol. The normalized spacial score (nSPS) is 20.5. The van der Waals surface area contributed by atoms with Gasteiger partial charge in [0.1, 0.15) is 0 Å². The summed E-state index contributed by atoms with van der Waals surface area (Å²) in [5.74, 6) is 1.59. The quantitative estimate of drug-likeness (QED) is 0.795. The number of rotatable bonds is 6. The van der Waals surface area contributed by atoms with E-state index in [-0.39, 0.29) is 0 Å². The van der Waals surface area contributed by atoms with Crippen LogP contribution in [0.2, 0.25) is 0 Å². The second kappa shape index (κ2) is 6.80. The Bertz CT molecular complexity index is 344. The first-order chi connectivity index (χ1) is 8.78. The van der Waals surface area contributed by atoms with Crippen LogP contribution in [-0.2, 0) is 13.6 Å². The van der Waals surface area contributed by atoms with Crippen LogP contribution in [0, 0.1) is 5.92 Å². The molecule has 1 aliphatic heterocycles. The van der Waals surface area contributed by atoms with Gasteiger partial charge in [0.25, 0.3) is 0 Å². The van der Waals surface area contributed by atoms with E-state index in [0.29, 0.717) is 0 Å². The largest absolute Gasteiger partial charge is 0.316 e. The Kier molecular flexibility index (Phi) is 5.07. The molecule has 1 aromatic heterocycles. The highest BCUT2D eigenvalue weighted by Crippen LogP contribution is 2.13. The Morgan fingerprint density at radius 2 is 2.39 bits per heavy atom. The molecule has 1 fully saturated rings. The fraction of sp³-hybridized carbons (Fsp3) is 0.917. The van der Waals surface area contributed by atoms with Crippen LogP contribution >= 0.6 is 0 Å². The fourth-order valence-electron chi connectivity index (χ4n) is 2.58. The number of nitrogens with zero attached hydrogens (tertiary/aromatic N) is 5. The highest BCUT2D eigenvalue weighted by Gasteiger charge is 2.17. The van der Waals surface area contributed by atoms with Crippen molar-refractivity contribution in [3.8, 4) is 0 Å². The summed E-state index contributed by atoms with van der Waals surface area (Å²) in [4.78, 5) is 3.98. The molecular formula is C12H24N6. The summed E-state index contributed by atoms with van der Waals surface area (Å²) >= 11 is 0. The van der Waals surface area contributed by atoms with Crippen molar-refractivity contribution in [2.75, 3.05) is 26.2 Å². The SMILES string of the molecule is CCCN(Cc1nnn(C)n1)CC1CCCNC1. The summed E-state index contributed by atoms with van der Waals surface area (Å²) < 4.78 is 0. The number of aryl methyl sites for hydroxylation is 1. The average Bonchev–Trinajstić information content (AvgIpc) is 2.76. The van der Waals surface area contributed by atoms with E-state index in [2.05, 4.69) is 32.6 Å². The second-order valence-electron chi connectivity index (χ2n) is 5.14. The smallest absolute Gasteiger partial charge is 0.188 e. The van der Waals surface area contributed by atoms with Crippen LogP contribution in [0.4, 0.5) is 0 Å². The van der Waals surface area contributed by atoms with Gasteiger partial charge in [-0.1, -0.05) is 6.92 Å². The van der Waals surface area contributed by atoms with Crippen molar-refractivity contribution in [2.45, 2.75) is 32.7 Å². The first-order valence-electron chi connectivity index (χ1n) is 6.94. The molecule has 1 N–H and O–H groups in total. The lowest BCUT2D eigenvalue weighted by molar-refractivity contribution is 0.197. The predicted octanol–water partition coefficient (Wildman–Crippen LogP) is 0.422. The summed E-state index contributed by atoms with van der Waals surface area (Å²) in [7, 11) is 1.81. The molecule has 0 bridgehead atoms. The van der Waals surface area contributed by atoms with Crippen LogP contribution in [0.5, 0.6) is 0 Å². The van der Waals surface area contributed by atoms with E-state index in [9.17, 15) is 0 Å². The van der Waals surface area contributed by atoms with E-state index >= 15 is 0 Å². The molecule has 0 spiro atoms. The van der Waals surface area contributed by atoms with E-state index < -0.39 is 0 Å². The van der Waals surface area contributed by atoms with E-state index in [1.54, 1.807) is 0 Å². The van der Waals surface area contributed by atoms with E-state index in [0.717, 1.165) is 37.9 Å². The van der Waals surface area contributed by atoms with Gasteiger partial charge in [0.05, 0.1) is 13.6 Å². The Balaban J connectivity index is 1.86. The van der Waals surface area contributed by atoms with E-state index in [1.807, 2.05) is 7.05 Å². The third-order valence-electron chi connectivity index (χ3n) is 3.37. The zero-order valence-electron chi connectivity index (χ0n) is 11.5. The highest BCUT2D eigenvalue weighted by atomic mass is 15.6. The van der Waals surface area contributed by atoms with Crippen molar-refractivity contribution >= 4 is 0 Å². The minimum absolute atomic E-state index is 0.766. The van der Waals surface area contributed by atoms with E-state index in [1.165, 1.54) is 30.6 Å². The molecule has 2 heterocycles. The molecule has 0 radical (unpaired) electrons. The molecule has 0 saturated carbocycles. The molecule has 1 aliphatic rings. The van der Waals surface area contributed by atoms with Crippen molar-refractivity contribution in [3.63, 3.8) is 0 Å². The minimum Gasteiger partial charge on any atom is -0.316 e. The maximum atomic E-state index is 4.26. The number of aromatic nitrogens is 4. The molecule has 1 atom stereocenters. The lowest BCUT2D eigenvalue weighted by atomic mass is 9.99. The van der Waals surface area contributed by atoms with Crippen molar-refractivity contribution in [1.29, 1.82) is 0 Å². The zero-order chi connectivity index (χ0) is 12.8.